The Hall–Kier alpha value is -3.40. The number of hydrogen-bond acceptors (Lipinski definition) is 5. The van der Waals surface area contributed by atoms with Crippen molar-refractivity contribution in [1.29, 1.82) is 0 Å². The van der Waals surface area contributed by atoms with Crippen LogP contribution in [0, 0.1) is 5.82 Å². The summed E-state index contributed by atoms with van der Waals surface area (Å²) in [5, 5.41) is 0.0729. The maximum atomic E-state index is 13.7. The third-order valence-electron chi connectivity index (χ3n) is 5.81. The zero-order valence-corrected chi connectivity index (χ0v) is 21.4. The van der Waals surface area contributed by atoms with E-state index in [9.17, 15) is 12.8 Å². The first-order chi connectivity index (χ1) is 17.1. The summed E-state index contributed by atoms with van der Waals surface area (Å²) in [5.41, 5.74) is 9.10. The molecule has 11 heteroatoms. The number of fused-ring (bicyclic) bond motifs is 1. The number of benzene rings is 3. The van der Waals surface area contributed by atoms with Crippen LogP contribution < -0.4 is 5.73 Å². The number of imidazole rings is 2. The molecule has 0 amide bonds. The Balaban J connectivity index is 1.83. The van der Waals surface area contributed by atoms with E-state index in [0.717, 1.165) is 0 Å². The van der Waals surface area contributed by atoms with Crippen LogP contribution in [-0.2, 0) is 9.84 Å². The van der Waals surface area contributed by atoms with E-state index in [-0.39, 0.29) is 16.4 Å². The van der Waals surface area contributed by atoms with Gasteiger partial charge in [-0.25, -0.2) is 22.8 Å². The molecule has 2 aromatic heterocycles. The second kappa shape index (κ2) is 8.92. The van der Waals surface area contributed by atoms with Gasteiger partial charge in [0.25, 0.3) is 0 Å². The molecule has 0 radical (unpaired) electrons. The van der Waals surface area contributed by atoms with E-state index in [1.807, 2.05) is 0 Å². The fourth-order valence-electron chi connectivity index (χ4n) is 3.96. The molecule has 0 aliphatic heterocycles. The number of hydrogen-bond donors (Lipinski definition) is 3. The predicted molar refractivity (Wildman–Crippen MR) is 141 cm³/mol. The molecule has 0 unspecified atom stereocenters. The van der Waals surface area contributed by atoms with Gasteiger partial charge in [-0.1, -0.05) is 29.3 Å². The quantitative estimate of drug-likeness (QED) is 0.234. The molecule has 0 spiro atoms. The number of anilines is 1. The highest BCUT2D eigenvalue weighted by Gasteiger charge is 2.27. The van der Waals surface area contributed by atoms with E-state index in [1.54, 1.807) is 50.2 Å². The summed E-state index contributed by atoms with van der Waals surface area (Å²) in [6, 6.07) is 14.2. The van der Waals surface area contributed by atoms with Crippen LogP contribution in [0.15, 0.2) is 59.5 Å². The molecule has 3 aromatic carbocycles. The van der Waals surface area contributed by atoms with Crippen LogP contribution in [-0.4, -0.2) is 33.6 Å². The number of H-pyrrole nitrogens is 2. The van der Waals surface area contributed by atoms with Gasteiger partial charge in [0.1, 0.15) is 17.2 Å². The first kappa shape index (κ1) is 24.3. The summed E-state index contributed by atoms with van der Waals surface area (Å²) in [4.78, 5) is 15.2. The Kier molecular flexibility index (Phi) is 6.02. The summed E-state index contributed by atoms with van der Waals surface area (Å²) in [6.45, 7) is 3.19. The van der Waals surface area contributed by atoms with Gasteiger partial charge in [-0.15, -0.1) is 0 Å². The number of rotatable bonds is 5. The normalized spacial score (nSPS) is 12.1. The monoisotopic (exact) mass is 543 g/mol. The third kappa shape index (κ3) is 4.13. The van der Waals surface area contributed by atoms with Crippen LogP contribution in [0.2, 0.25) is 10.0 Å². The fraction of sp³-hybridized carbons (Fsp3) is 0.120. The van der Waals surface area contributed by atoms with Crippen molar-refractivity contribution < 1.29 is 12.8 Å². The minimum absolute atomic E-state index is 0.0309. The molecule has 5 aromatic rings. The molecule has 4 N–H and O–H groups in total. The van der Waals surface area contributed by atoms with Crippen LogP contribution in [0.3, 0.4) is 0 Å². The third-order valence-corrected chi connectivity index (χ3v) is 8.60. The number of nitrogen functional groups attached to an aromatic ring is 1. The molecular formula is C25H20Cl2FN5O2S. The Morgan fingerprint density at radius 1 is 0.944 bits per heavy atom. The zero-order valence-electron chi connectivity index (χ0n) is 19.1. The highest BCUT2D eigenvalue weighted by molar-refractivity contribution is 7.92. The Bertz CT molecular complexity index is 1710. The van der Waals surface area contributed by atoms with E-state index in [1.165, 1.54) is 18.2 Å². The summed E-state index contributed by atoms with van der Waals surface area (Å²) < 4.78 is 40.2. The number of aromatic amines is 2. The maximum absolute atomic E-state index is 13.7. The summed E-state index contributed by atoms with van der Waals surface area (Å²) in [6.07, 6.45) is 0. The maximum Gasteiger partial charge on any atom is 0.198 e. The van der Waals surface area contributed by atoms with Crippen molar-refractivity contribution in [3.8, 4) is 33.9 Å². The largest absolute Gasteiger partial charge is 0.369 e. The topological polar surface area (TPSA) is 118 Å². The van der Waals surface area contributed by atoms with Gasteiger partial charge < -0.3 is 15.7 Å². The minimum Gasteiger partial charge on any atom is -0.369 e. The Labute approximate surface area is 216 Å². The summed E-state index contributed by atoms with van der Waals surface area (Å²) in [7, 11) is -3.73. The summed E-state index contributed by atoms with van der Waals surface area (Å²) >= 11 is 12.9. The second-order valence-electron chi connectivity index (χ2n) is 8.50. The van der Waals surface area contributed by atoms with Crippen molar-refractivity contribution in [3.05, 3.63) is 70.5 Å². The van der Waals surface area contributed by atoms with Gasteiger partial charge in [0.15, 0.2) is 15.8 Å². The first-order valence-electron chi connectivity index (χ1n) is 10.9. The van der Waals surface area contributed by atoms with Crippen molar-refractivity contribution >= 4 is 50.0 Å². The van der Waals surface area contributed by atoms with Gasteiger partial charge in [-0.3, -0.25) is 0 Å². The smallest absolute Gasteiger partial charge is 0.198 e. The van der Waals surface area contributed by atoms with E-state index in [2.05, 4.69) is 15.0 Å². The number of sulfone groups is 1. The highest BCUT2D eigenvalue weighted by atomic mass is 35.5. The van der Waals surface area contributed by atoms with Gasteiger partial charge in [0, 0.05) is 11.1 Å². The van der Waals surface area contributed by atoms with Gasteiger partial charge in [0.05, 0.1) is 42.7 Å². The van der Waals surface area contributed by atoms with Gasteiger partial charge in [-0.2, -0.15) is 0 Å². The average molecular weight is 544 g/mol. The molecule has 36 heavy (non-hydrogen) atoms. The van der Waals surface area contributed by atoms with Gasteiger partial charge >= 0.3 is 0 Å². The van der Waals surface area contributed by atoms with E-state index in [0.29, 0.717) is 49.5 Å². The highest BCUT2D eigenvalue weighted by Crippen LogP contribution is 2.40. The lowest BCUT2D eigenvalue weighted by Gasteiger charge is -2.11. The number of nitrogens with zero attached hydrogens (tertiary/aromatic N) is 2. The number of halogens is 3. The molecule has 0 saturated heterocycles. The van der Waals surface area contributed by atoms with Crippen molar-refractivity contribution in [2.24, 2.45) is 0 Å². The lowest BCUT2D eigenvalue weighted by Crippen LogP contribution is -2.14. The number of aromatic nitrogens is 4. The lowest BCUT2D eigenvalue weighted by atomic mass is 10.0. The first-order valence-corrected chi connectivity index (χ1v) is 13.2. The van der Waals surface area contributed by atoms with Crippen LogP contribution in [0.25, 0.3) is 44.9 Å². The molecule has 0 atom stereocenters. The lowest BCUT2D eigenvalue weighted by molar-refractivity contribution is 0.588. The molecular weight excluding hydrogens is 524 g/mol. The Morgan fingerprint density at radius 3 is 2.25 bits per heavy atom. The molecule has 0 aliphatic rings. The molecule has 0 fully saturated rings. The minimum atomic E-state index is -3.73. The number of nitrogens with one attached hydrogen (secondary N) is 2. The Morgan fingerprint density at radius 2 is 1.61 bits per heavy atom. The zero-order chi connectivity index (χ0) is 25.8. The second-order valence-corrected chi connectivity index (χ2v) is 11.8. The molecule has 2 heterocycles. The molecule has 184 valence electrons. The van der Waals surface area contributed by atoms with Crippen molar-refractivity contribution in [3.63, 3.8) is 0 Å². The van der Waals surface area contributed by atoms with E-state index < -0.39 is 20.9 Å². The number of nitrogens with two attached hydrogens (primary N) is 1. The van der Waals surface area contributed by atoms with Gasteiger partial charge in [0.2, 0.25) is 0 Å². The standard InChI is InChI=1S/C25H20Cl2FN5O2S/c1-12(2)36(34,35)19-11-14(10-18-23(19)33-25(29)30-18)22-21(13-6-8-15(28)9-7-13)31-24(32-22)20-16(26)4-3-5-17(20)27/h3-12H,1-2H3,(H,31,32)(H3,29,30,33). The van der Waals surface area contributed by atoms with Crippen LogP contribution >= 0.6 is 23.2 Å². The fourth-order valence-corrected chi connectivity index (χ4v) is 5.76. The molecule has 0 saturated carbocycles. The van der Waals surface area contributed by atoms with Crippen LogP contribution in [0.1, 0.15) is 13.8 Å². The van der Waals surface area contributed by atoms with E-state index >= 15 is 0 Å². The average Bonchev–Trinajstić information content (AvgIpc) is 3.41. The molecule has 5 rings (SSSR count). The van der Waals surface area contributed by atoms with Crippen LogP contribution in [0.4, 0.5) is 10.3 Å². The van der Waals surface area contributed by atoms with Crippen molar-refractivity contribution in [1.82, 2.24) is 19.9 Å². The SMILES string of the molecule is CC(C)S(=O)(=O)c1cc(-c2nc(-c3c(Cl)cccc3Cl)[nH]c2-c2ccc(F)cc2)cc2[nH]c(N)nc12. The molecule has 7 nitrogen and oxygen atoms in total. The van der Waals surface area contributed by atoms with E-state index in [4.69, 9.17) is 33.9 Å². The molecule has 0 aliphatic carbocycles. The van der Waals surface area contributed by atoms with Crippen molar-refractivity contribution in [2.45, 2.75) is 24.0 Å². The van der Waals surface area contributed by atoms with Gasteiger partial charge in [-0.05, 0) is 62.4 Å². The van der Waals surface area contributed by atoms with Crippen molar-refractivity contribution in [2.75, 3.05) is 5.73 Å². The van der Waals surface area contributed by atoms with Crippen LogP contribution in [0.5, 0.6) is 0 Å². The summed E-state index contributed by atoms with van der Waals surface area (Å²) in [5.74, 6) is 0.0675. The molecule has 0 bridgehead atoms. The predicted octanol–water partition coefficient (Wildman–Crippen LogP) is 6.50.